The Balaban J connectivity index is 1.41. The Morgan fingerprint density at radius 3 is 2.83 bits per heavy atom. The molecule has 0 bridgehead atoms. The fraction of sp³-hybridized carbons (Fsp3) is 0.333. The van der Waals surface area contributed by atoms with Gasteiger partial charge in [0.15, 0.2) is 23.0 Å². The molecule has 1 aliphatic rings. The van der Waals surface area contributed by atoms with Gasteiger partial charge in [0, 0.05) is 13.1 Å². The van der Waals surface area contributed by atoms with Crippen LogP contribution in [0.4, 0.5) is 0 Å². The predicted molar refractivity (Wildman–Crippen MR) is 92.7 cm³/mol. The van der Waals surface area contributed by atoms with Crippen LogP contribution in [0.2, 0.25) is 5.02 Å². The van der Waals surface area contributed by atoms with Crippen LogP contribution in [0, 0.1) is 0 Å². The molecule has 0 spiro atoms. The first kappa shape index (κ1) is 16.7. The molecule has 1 atom stereocenters. The van der Waals surface area contributed by atoms with Gasteiger partial charge in [0.25, 0.3) is 0 Å². The van der Waals surface area contributed by atoms with E-state index in [1.807, 2.05) is 36.4 Å². The van der Waals surface area contributed by atoms with Gasteiger partial charge in [-0.25, -0.2) is 0 Å². The standard InChI is InChI=1S/C18H20ClNO4/c1-21-17-8-4-5-14(19)18(17)22-10-9-20-11-13-12-23-15-6-2-3-7-16(15)24-13/h2-8,13,20H,9-12H2,1H3/t13-/m1/s1. The van der Waals surface area contributed by atoms with E-state index in [4.69, 9.17) is 30.5 Å². The number of halogens is 1. The van der Waals surface area contributed by atoms with E-state index in [0.717, 1.165) is 11.5 Å². The average Bonchev–Trinajstić information content (AvgIpc) is 2.62. The molecule has 2 aromatic carbocycles. The minimum atomic E-state index is -0.0188. The van der Waals surface area contributed by atoms with Crippen molar-refractivity contribution in [3.63, 3.8) is 0 Å². The molecule has 0 fully saturated rings. The molecule has 1 N–H and O–H groups in total. The molecule has 1 aliphatic heterocycles. The second-order valence-corrected chi connectivity index (χ2v) is 5.73. The third-order valence-corrected chi connectivity index (χ3v) is 3.91. The number of ether oxygens (including phenoxy) is 4. The highest BCUT2D eigenvalue weighted by atomic mass is 35.5. The maximum absolute atomic E-state index is 6.13. The smallest absolute Gasteiger partial charge is 0.179 e. The molecule has 24 heavy (non-hydrogen) atoms. The van der Waals surface area contributed by atoms with Crippen LogP contribution in [0.15, 0.2) is 42.5 Å². The lowest BCUT2D eigenvalue weighted by Crippen LogP contribution is -2.39. The van der Waals surface area contributed by atoms with Crippen molar-refractivity contribution < 1.29 is 18.9 Å². The van der Waals surface area contributed by atoms with Crippen molar-refractivity contribution >= 4 is 11.6 Å². The highest BCUT2D eigenvalue weighted by Gasteiger charge is 2.19. The van der Waals surface area contributed by atoms with Gasteiger partial charge in [0.05, 0.1) is 12.1 Å². The Bertz CT molecular complexity index is 680. The molecular formula is C18H20ClNO4. The molecule has 3 rings (SSSR count). The molecule has 128 valence electrons. The molecule has 0 saturated carbocycles. The second-order valence-electron chi connectivity index (χ2n) is 5.32. The number of methoxy groups -OCH3 is 1. The highest BCUT2D eigenvalue weighted by molar-refractivity contribution is 6.32. The van der Waals surface area contributed by atoms with Gasteiger partial charge in [-0.15, -0.1) is 0 Å². The average molecular weight is 350 g/mol. The van der Waals surface area contributed by atoms with Gasteiger partial charge in [-0.2, -0.15) is 0 Å². The first-order chi connectivity index (χ1) is 11.8. The summed E-state index contributed by atoms with van der Waals surface area (Å²) in [6, 6.07) is 13.1. The molecule has 0 radical (unpaired) electrons. The van der Waals surface area contributed by atoms with Crippen molar-refractivity contribution in [2.75, 3.05) is 33.4 Å². The molecule has 0 aromatic heterocycles. The van der Waals surface area contributed by atoms with Gasteiger partial charge in [0.2, 0.25) is 0 Å². The summed E-state index contributed by atoms with van der Waals surface area (Å²) in [5, 5.41) is 3.84. The summed E-state index contributed by atoms with van der Waals surface area (Å²) in [5.74, 6) is 2.77. The zero-order valence-corrected chi connectivity index (χ0v) is 14.2. The Hall–Kier alpha value is -2.11. The molecule has 0 amide bonds. The van der Waals surface area contributed by atoms with E-state index in [-0.39, 0.29) is 6.10 Å². The van der Waals surface area contributed by atoms with Crippen LogP contribution in [0.5, 0.6) is 23.0 Å². The van der Waals surface area contributed by atoms with E-state index < -0.39 is 0 Å². The molecule has 2 aromatic rings. The summed E-state index contributed by atoms with van der Waals surface area (Å²) in [6.45, 7) is 2.35. The number of rotatable bonds is 7. The number of hydrogen-bond acceptors (Lipinski definition) is 5. The Kier molecular flexibility index (Phi) is 5.67. The van der Waals surface area contributed by atoms with E-state index in [1.54, 1.807) is 13.2 Å². The number of hydrogen-bond donors (Lipinski definition) is 1. The minimum absolute atomic E-state index is 0.0188. The lowest BCUT2D eigenvalue weighted by Gasteiger charge is -2.26. The van der Waals surface area contributed by atoms with E-state index >= 15 is 0 Å². The van der Waals surface area contributed by atoms with Crippen LogP contribution in [0.3, 0.4) is 0 Å². The number of benzene rings is 2. The van der Waals surface area contributed by atoms with Crippen molar-refractivity contribution in [2.24, 2.45) is 0 Å². The lowest BCUT2D eigenvalue weighted by molar-refractivity contribution is 0.0897. The van der Waals surface area contributed by atoms with Crippen molar-refractivity contribution in [2.45, 2.75) is 6.10 Å². The number of fused-ring (bicyclic) bond motifs is 1. The summed E-state index contributed by atoms with van der Waals surface area (Å²) in [4.78, 5) is 0. The van der Waals surface area contributed by atoms with Gasteiger partial charge in [-0.05, 0) is 24.3 Å². The fourth-order valence-electron chi connectivity index (χ4n) is 2.44. The van der Waals surface area contributed by atoms with Crippen LogP contribution < -0.4 is 24.3 Å². The van der Waals surface area contributed by atoms with Crippen LogP contribution >= 0.6 is 11.6 Å². The second kappa shape index (κ2) is 8.13. The van der Waals surface area contributed by atoms with Gasteiger partial charge in [-0.1, -0.05) is 29.8 Å². The molecule has 6 heteroatoms. The largest absolute Gasteiger partial charge is 0.493 e. The summed E-state index contributed by atoms with van der Waals surface area (Å²) in [7, 11) is 1.59. The summed E-state index contributed by atoms with van der Waals surface area (Å²) in [6.07, 6.45) is -0.0188. The van der Waals surface area contributed by atoms with Gasteiger partial charge >= 0.3 is 0 Å². The molecule has 0 aliphatic carbocycles. The lowest BCUT2D eigenvalue weighted by atomic mass is 10.2. The number of nitrogens with one attached hydrogen (secondary N) is 1. The van der Waals surface area contributed by atoms with E-state index in [2.05, 4.69) is 5.32 Å². The van der Waals surface area contributed by atoms with Crippen LogP contribution in [0.1, 0.15) is 0 Å². The van der Waals surface area contributed by atoms with E-state index in [9.17, 15) is 0 Å². The Labute approximate surface area is 146 Å². The monoisotopic (exact) mass is 349 g/mol. The highest BCUT2D eigenvalue weighted by Crippen LogP contribution is 2.34. The van der Waals surface area contributed by atoms with E-state index in [1.165, 1.54) is 0 Å². The first-order valence-corrected chi connectivity index (χ1v) is 8.20. The van der Waals surface area contributed by atoms with Crippen molar-refractivity contribution in [3.05, 3.63) is 47.5 Å². The van der Waals surface area contributed by atoms with Crippen molar-refractivity contribution in [3.8, 4) is 23.0 Å². The SMILES string of the molecule is COc1cccc(Cl)c1OCCNC[C@@H]1COc2ccccc2O1. The summed E-state index contributed by atoms with van der Waals surface area (Å²) < 4.78 is 22.5. The Morgan fingerprint density at radius 2 is 2.00 bits per heavy atom. The van der Waals surface area contributed by atoms with Crippen LogP contribution in [-0.4, -0.2) is 39.5 Å². The topological polar surface area (TPSA) is 49.0 Å². The fourth-order valence-corrected chi connectivity index (χ4v) is 2.66. The van der Waals surface area contributed by atoms with Crippen molar-refractivity contribution in [1.29, 1.82) is 0 Å². The zero-order chi connectivity index (χ0) is 16.8. The zero-order valence-electron chi connectivity index (χ0n) is 13.5. The van der Waals surface area contributed by atoms with Crippen molar-refractivity contribution in [1.82, 2.24) is 5.32 Å². The van der Waals surface area contributed by atoms with Gasteiger partial charge < -0.3 is 24.3 Å². The van der Waals surface area contributed by atoms with Crippen LogP contribution in [0.25, 0.3) is 0 Å². The molecular weight excluding hydrogens is 330 g/mol. The van der Waals surface area contributed by atoms with Crippen LogP contribution in [-0.2, 0) is 0 Å². The maximum atomic E-state index is 6.13. The van der Waals surface area contributed by atoms with Gasteiger partial charge in [-0.3, -0.25) is 0 Å². The molecule has 0 unspecified atom stereocenters. The number of para-hydroxylation sites is 3. The molecule has 5 nitrogen and oxygen atoms in total. The summed E-state index contributed by atoms with van der Waals surface area (Å²) >= 11 is 6.13. The molecule has 0 saturated heterocycles. The molecule has 1 heterocycles. The normalized spacial score (nSPS) is 15.8. The van der Waals surface area contributed by atoms with Gasteiger partial charge in [0.1, 0.15) is 19.3 Å². The first-order valence-electron chi connectivity index (χ1n) is 7.82. The third kappa shape index (κ3) is 4.04. The third-order valence-electron chi connectivity index (χ3n) is 3.62. The quantitative estimate of drug-likeness (QED) is 0.778. The summed E-state index contributed by atoms with van der Waals surface area (Å²) in [5.41, 5.74) is 0. The maximum Gasteiger partial charge on any atom is 0.179 e. The van der Waals surface area contributed by atoms with E-state index in [0.29, 0.717) is 42.8 Å². The minimum Gasteiger partial charge on any atom is -0.493 e. The predicted octanol–water partition coefficient (Wildman–Crippen LogP) is 3.16. The Morgan fingerprint density at radius 1 is 1.17 bits per heavy atom.